The molecule has 0 unspecified atom stereocenters. The van der Waals surface area contributed by atoms with Crippen LogP contribution in [0.3, 0.4) is 0 Å². The number of thiocarbonyl (C=S) groups is 1. The van der Waals surface area contributed by atoms with Gasteiger partial charge in [0.25, 0.3) is 0 Å². The maximum absolute atomic E-state index is 5.07. The maximum atomic E-state index is 5.07. The molecule has 1 aromatic carbocycles. The summed E-state index contributed by atoms with van der Waals surface area (Å²) in [6.07, 6.45) is 2.06. The fourth-order valence-corrected chi connectivity index (χ4v) is 1.68. The number of nitrogens with one attached hydrogen (secondary N) is 2. The fraction of sp³-hybridized carbons (Fsp3) is 0.300. The van der Waals surface area contributed by atoms with E-state index < -0.39 is 0 Å². The molecule has 14 heavy (non-hydrogen) atoms. The minimum Gasteiger partial charge on any atom is -0.363 e. The molecule has 0 saturated carbocycles. The SMILES string of the molecule is CCNC(=S)Nc1ccc(SC)cc1.[HH].[HH]. The molecule has 0 amide bonds. The summed E-state index contributed by atoms with van der Waals surface area (Å²) in [5, 5.41) is 6.81. The van der Waals surface area contributed by atoms with Crippen molar-refractivity contribution in [3.8, 4) is 0 Å². The molecule has 0 bridgehead atoms. The van der Waals surface area contributed by atoms with Crippen molar-refractivity contribution >= 4 is 34.8 Å². The van der Waals surface area contributed by atoms with Crippen LogP contribution in [0.2, 0.25) is 0 Å². The molecule has 0 aliphatic carbocycles. The number of thioether (sulfide) groups is 1. The van der Waals surface area contributed by atoms with Crippen molar-refractivity contribution < 1.29 is 2.85 Å². The Hall–Kier alpha value is -0.740. The third kappa shape index (κ3) is 3.55. The Balaban J connectivity index is 0. The average molecular weight is 230 g/mol. The van der Waals surface area contributed by atoms with Gasteiger partial charge >= 0.3 is 0 Å². The van der Waals surface area contributed by atoms with Crippen molar-refractivity contribution in [2.75, 3.05) is 18.1 Å². The number of rotatable bonds is 3. The van der Waals surface area contributed by atoms with Crippen molar-refractivity contribution in [1.29, 1.82) is 0 Å². The predicted molar refractivity (Wildman–Crippen MR) is 72.3 cm³/mol. The van der Waals surface area contributed by atoms with Gasteiger partial charge in [-0.3, -0.25) is 0 Å². The van der Waals surface area contributed by atoms with Gasteiger partial charge in [0.2, 0.25) is 0 Å². The van der Waals surface area contributed by atoms with E-state index in [1.807, 2.05) is 19.1 Å². The van der Waals surface area contributed by atoms with Crippen LogP contribution in [0.1, 0.15) is 9.78 Å². The van der Waals surface area contributed by atoms with Crippen LogP contribution >= 0.6 is 24.0 Å². The summed E-state index contributed by atoms with van der Waals surface area (Å²) >= 11 is 6.80. The van der Waals surface area contributed by atoms with Crippen LogP contribution in [0.5, 0.6) is 0 Å². The van der Waals surface area contributed by atoms with Crippen LogP contribution in [0.4, 0.5) is 5.69 Å². The highest BCUT2D eigenvalue weighted by atomic mass is 32.2. The van der Waals surface area contributed by atoms with E-state index in [4.69, 9.17) is 12.2 Å². The molecule has 0 fully saturated rings. The van der Waals surface area contributed by atoms with Crippen molar-refractivity contribution in [1.82, 2.24) is 5.32 Å². The molecule has 1 aromatic rings. The standard InChI is InChI=1S/C10H14N2S2.2H2/c1-3-11-10(13)12-8-4-6-9(14-2)7-5-8;;/h4-7H,3H2,1-2H3,(H2,11,12,13);2*1H. The molecular formula is C10H18N2S2. The van der Waals surface area contributed by atoms with E-state index in [0.29, 0.717) is 5.11 Å². The van der Waals surface area contributed by atoms with E-state index in [2.05, 4.69) is 29.0 Å². The molecule has 0 radical (unpaired) electrons. The second-order valence-electron chi connectivity index (χ2n) is 2.71. The molecule has 1 rings (SSSR count). The van der Waals surface area contributed by atoms with Crippen LogP contribution < -0.4 is 10.6 Å². The largest absolute Gasteiger partial charge is 0.363 e. The average Bonchev–Trinajstić information content (AvgIpc) is 2.19. The number of hydrogen-bond donors (Lipinski definition) is 2. The fourth-order valence-electron chi connectivity index (χ4n) is 1.01. The van der Waals surface area contributed by atoms with Crippen molar-refractivity contribution in [2.24, 2.45) is 0 Å². The summed E-state index contributed by atoms with van der Waals surface area (Å²) in [4.78, 5) is 1.25. The van der Waals surface area contributed by atoms with Gasteiger partial charge in [-0.05, 0) is 49.7 Å². The molecule has 80 valence electrons. The topological polar surface area (TPSA) is 24.1 Å². The van der Waals surface area contributed by atoms with Gasteiger partial charge < -0.3 is 10.6 Å². The molecule has 0 aliphatic rings. The van der Waals surface area contributed by atoms with Crippen LogP contribution in [0.25, 0.3) is 0 Å². The molecular weight excluding hydrogens is 212 g/mol. The third-order valence-corrected chi connectivity index (χ3v) is 2.68. The lowest BCUT2D eigenvalue weighted by Crippen LogP contribution is -2.27. The van der Waals surface area contributed by atoms with Crippen molar-refractivity contribution in [3.05, 3.63) is 24.3 Å². The first kappa shape index (κ1) is 11.3. The Morgan fingerprint density at radius 1 is 1.43 bits per heavy atom. The van der Waals surface area contributed by atoms with E-state index >= 15 is 0 Å². The summed E-state index contributed by atoms with van der Waals surface area (Å²) in [6.45, 7) is 2.86. The van der Waals surface area contributed by atoms with Crippen LogP contribution in [-0.2, 0) is 0 Å². The Kier molecular flexibility index (Phi) is 4.76. The smallest absolute Gasteiger partial charge is 0.170 e. The summed E-state index contributed by atoms with van der Waals surface area (Å²) in [6, 6.07) is 8.19. The highest BCUT2D eigenvalue weighted by Gasteiger charge is 1.95. The zero-order valence-electron chi connectivity index (χ0n) is 8.33. The van der Waals surface area contributed by atoms with Crippen molar-refractivity contribution in [2.45, 2.75) is 11.8 Å². The van der Waals surface area contributed by atoms with E-state index in [1.165, 1.54) is 4.90 Å². The molecule has 0 atom stereocenters. The van der Waals surface area contributed by atoms with Gasteiger partial charge in [0.15, 0.2) is 5.11 Å². The Bertz CT molecular complexity index is 304. The molecule has 4 heteroatoms. The maximum Gasteiger partial charge on any atom is 0.170 e. The number of benzene rings is 1. The summed E-state index contributed by atoms with van der Waals surface area (Å²) in [5.74, 6) is 0. The Morgan fingerprint density at radius 2 is 2.07 bits per heavy atom. The second-order valence-corrected chi connectivity index (χ2v) is 4.00. The second kappa shape index (κ2) is 5.88. The van der Waals surface area contributed by atoms with Gasteiger partial charge in [0, 0.05) is 20.0 Å². The lowest BCUT2D eigenvalue weighted by molar-refractivity contribution is 0.979. The van der Waals surface area contributed by atoms with Gasteiger partial charge in [-0.25, -0.2) is 0 Å². The highest BCUT2D eigenvalue weighted by molar-refractivity contribution is 7.98. The molecule has 0 spiro atoms. The summed E-state index contributed by atoms with van der Waals surface area (Å²) < 4.78 is 0. The van der Waals surface area contributed by atoms with E-state index in [0.717, 1.165) is 12.2 Å². The van der Waals surface area contributed by atoms with E-state index in [9.17, 15) is 0 Å². The zero-order valence-corrected chi connectivity index (χ0v) is 9.97. The number of hydrogen-bond acceptors (Lipinski definition) is 2. The molecule has 2 nitrogen and oxygen atoms in total. The van der Waals surface area contributed by atoms with Gasteiger partial charge in [0.1, 0.15) is 0 Å². The van der Waals surface area contributed by atoms with E-state index in [-0.39, 0.29) is 2.85 Å². The van der Waals surface area contributed by atoms with Gasteiger partial charge in [-0.2, -0.15) is 0 Å². The third-order valence-electron chi connectivity index (χ3n) is 1.69. The molecule has 0 aromatic heterocycles. The van der Waals surface area contributed by atoms with Gasteiger partial charge in [0.05, 0.1) is 0 Å². The zero-order chi connectivity index (χ0) is 10.4. The normalized spacial score (nSPS) is 9.57. The quantitative estimate of drug-likeness (QED) is 0.615. The molecule has 0 heterocycles. The number of anilines is 1. The lowest BCUT2D eigenvalue weighted by atomic mass is 10.3. The van der Waals surface area contributed by atoms with Crippen molar-refractivity contribution in [3.63, 3.8) is 0 Å². The van der Waals surface area contributed by atoms with Crippen LogP contribution in [0.15, 0.2) is 29.2 Å². The first-order valence-corrected chi connectivity index (χ1v) is 6.08. The predicted octanol–water partition coefficient (Wildman–Crippen LogP) is 3.21. The summed E-state index contributed by atoms with van der Waals surface area (Å²) in [7, 11) is 0. The molecule has 2 N–H and O–H groups in total. The first-order valence-electron chi connectivity index (χ1n) is 4.45. The lowest BCUT2D eigenvalue weighted by Gasteiger charge is -2.08. The van der Waals surface area contributed by atoms with Gasteiger partial charge in [-0.1, -0.05) is 0 Å². The minimum atomic E-state index is 0. The highest BCUT2D eigenvalue weighted by Crippen LogP contribution is 2.17. The van der Waals surface area contributed by atoms with E-state index in [1.54, 1.807) is 11.8 Å². The summed E-state index contributed by atoms with van der Waals surface area (Å²) in [5.41, 5.74) is 1.02. The van der Waals surface area contributed by atoms with Crippen LogP contribution in [-0.4, -0.2) is 17.9 Å². The Morgan fingerprint density at radius 3 is 2.57 bits per heavy atom. The molecule has 0 aliphatic heterocycles. The monoisotopic (exact) mass is 230 g/mol. The molecule has 0 saturated heterocycles. The van der Waals surface area contributed by atoms with Crippen LogP contribution in [0, 0.1) is 0 Å². The first-order chi connectivity index (χ1) is 6.76. The minimum absolute atomic E-state index is 0. The Labute approximate surface area is 97.4 Å². The van der Waals surface area contributed by atoms with Gasteiger partial charge in [-0.15, -0.1) is 11.8 Å².